The van der Waals surface area contributed by atoms with Crippen LogP contribution in [0.5, 0.6) is 0 Å². The number of benzene rings is 1. The topological polar surface area (TPSA) is 12.0 Å². The lowest BCUT2D eigenvalue weighted by atomic mass is 9.69. The Hall–Kier alpha value is -0.820. The highest BCUT2D eigenvalue weighted by atomic mass is 14.8. The molecule has 0 heterocycles. The van der Waals surface area contributed by atoms with Crippen LogP contribution in [0.2, 0.25) is 0 Å². The van der Waals surface area contributed by atoms with Crippen molar-refractivity contribution in [2.75, 3.05) is 13.6 Å². The van der Waals surface area contributed by atoms with E-state index < -0.39 is 0 Å². The van der Waals surface area contributed by atoms with Gasteiger partial charge in [-0.2, -0.15) is 0 Å². The van der Waals surface area contributed by atoms with Crippen LogP contribution in [0.3, 0.4) is 0 Å². The summed E-state index contributed by atoms with van der Waals surface area (Å²) in [5.41, 5.74) is 3.23. The number of nitrogens with one attached hydrogen (secondary N) is 1. The highest BCUT2D eigenvalue weighted by molar-refractivity contribution is 5.30. The number of hydrogen-bond acceptors (Lipinski definition) is 1. The smallest absolute Gasteiger partial charge is 0.00177 e. The Labute approximate surface area is 130 Å². The molecule has 2 aliphatic carbocycles. The van der Waals surface area contributed by atoms with Crippen molar-refractivity contribution in [2.45, 2.75) is 63.7 Å². The molecule has 0 saturated heterocycles. The van der Waals surface area contributed by atoms with E-state index in [9.17, 15) is 0 Å². The Morgan fingerprint density at radius 3 is 2.57 bits per heavy atom. The van der Waals surface area contributed by atoms with E-state index in [1.54, 1.807) is 11.1 Å². The average Bonchev–Trinajstić information content (AvgIpc) is 2.46. The van der Waals surface area contributed by atoms with Crippen LogP contribution in [0.25, 0.3) is 0 Å². The van der Waals surface area contributed by atoms with Crippen LogP contribution in [-0.2, 0) is 0 Å². The van der Waals surface area contributed by atoms with Gasteiger partial charge in [0.25, 0.3) is 0 Å². The Balaban J connectivity index is 1.80. The highest BCUT2D eigenvalue weighted by Gasteiger charge is 2.31. The van der Waals surface area contributed by atoms with Gasteiger partial charge < -0.3 is 5.32 Å². The van der Waals surface area contributed by atoms with E-state index in [1.165, 1.54) is 51.5 Å². The van der Waals surface area contributed by atoms with Gasteiger partial charge in [-0.05, 0) is 74.1 Å². The minimum absolute atomic E-state index is 0.774. The van der Waals surface area contributed by atoms with Crippen molar-refractivity contribution < 1.29 is 0 Å². The van der Waals surface area contributed by atoms with Crippen LogP contribution in [-0.4, -0.2) is 13.6 Å². The molecule has 1 aromatic carbocycles. The maximum atomic E-state index is 3.43. The molecule has 0 radical (unpaired) electrons. The van der Waals surface area contributed by atoms with Crippen molar-refractivity contribution in [3.05, 3.63) is 35.4 Å². The third kappa shape index (κ3) is 3.34. The van der Waals surface area contributed by atoms with E-state index in [0.717, 1.165) is 23.7 Å². The normalized spacial score (nSPS) is 30.1. The summed E-state index contributed by atoms with van der Waals surface area (Å²) in [6, 6.07) is 9.62. The van der Waals surface area contributed by atoms with Gasteiger partial charge in [0.15, 0.2) is 0 Å². The molecule has 21 heavy (non-hydrogen) atoms. The van der Waals surface area contributed by atoms with Crippen LogP contribution < -0.4 is 5.32 Å². The van der Waals surface area contributed by atoms with E-state index in [2.05, 4.69) is 43.6 Å². The zero-order valence-electron chi connectivity index (χ0n) is 13.8. The second kappa shape index (κ2) is 6.96. The van der Waals surface area contributed by atoms with Gasteiger partial charge in [0.05, 0.1) is 0 Å². The monoisotopic (exact) mass is 285 g/mol. The standard InChI is InChI=1S/C20H31N/c1-3-15-10-11-19(14-21-2)20(12-15)18-9-5-8-17(13-18)16-6-4-7-16/h5,8-9,13,15-16,19-21H,3-4,6-7,10-12,14H2,1-2H3. The van der Waals surface area contributed by atoms with Crippen molar-refractivity contribution in [3.63, 3.8) is 0 Å². The zero-order valence-corrected chi connectivity index (χ0v) is 13.8. The number of rotatable bonds is 5. The lowest BCUT2D eigenvalue weighted by molar-refractivity contribution is 0.228. The third-order valence-electron chi connectivity index (χ3n) is 6.06. The molecule has 3 atom stereocenters. The van der Waals surface area contributed by atoms with Gasteiger partial charge in [0, 0.05) is 0 Å². The quantitative estimate of drug-likeness (QED) is 0.795. The van der Waals surface area contributed by atoms with Crippen LogP contribution in [0, 0.1) is 11.8 Å². The molecule has 1 heteroatoms. The fourth-order valence-corrected chi connectivity index (χ4v) is 4.39. The zero-order chi connectivity index (χ0) is 14.7. The van der Waals surface area contributed by atoms with Crippen molar-refractivity contribution in [1.29, 1.82) is 0 Å². The molecule has 0 amide bonds. The first kappa shape index (κ1) is 15.1. The first-order valence-electron chi connectivity index (χ1n) is 9.06. The SMILES string of the molecule is CCC1CCC(CNC)C(c2cccc(C3CCC3)c2)C1. The summed E-state index contributed by atoms with van der Waals surface area (Å²) in [6.07, 6.45) is 9.83. The summed E-state index contributed by atoms with van der Waals surface area (Å²) >= 11 is 0. The minimum Gasteiger partial charge on any atom is -0.319 e. The van der Waals surface area contributed by atoms with Gasteiger partial charge in [0.2, 0.25) is 0 Å². The molecule has 1 nitrogen and oxygen atoms in total. The van der Waals surface area contributed by atoms with Crippen molar-refractivity contribution in [2.24, 2.45) is 11.8 Å². The third-order valence-corrected chi connectivity index (χ3v) is 6.06. The molecule has 116 valence electrons. The maximum absolute atomic E-state index is 3.43. The lowest BCUT2D eigenvalue weighted by Gasteiger charge is -2.37. The molecule has 3 rings (SSSR count). The fourth-order valence-electron chi connectivity index (χ4n) is 4.39. The van der Waals surface area contributed by atoms with Crippen molar-refractivity contribution in [1.82, 2.24) is 5.32 Å². The summed E-state index contributed by atoms with van der Waals surface area (Å²) in [4.78, 5) is 0. The molecule has 2 saturated carbocycles. The predicted octanol–water partition coefficient (Wildman–Crippen LogP) is 5.08. The van der Waals surface area contributed by atoms with Crippen LogP contribution in [0.4, 0.5) is 0 Å². The Kier molecular flexibility index (Phi) is 5.00. The average molecular weight is 285 g/mol. The molecular weight excluding hydrogens is 254 g/mol. The predicted molar refractivity (Wildman–Crippen MR) is 90.8 cm³/mol. The van der Waals surface area contributed by atoms with E-state index in [0.29, 0.717) is 0 Å². The summed E-state index contributed by atoms with van der Waals surface area (Å²) in [6.45, 7) is 3.54. The second-order valence-electron chi connectivity index (χ2n) is 7.31. The Morgan fingerprint density at radius 2 is 1.90 bits per heavy atom. The number of hydrogen-bond donors (Lipinski definition) is 1. The van der Waals surface area contributed by atoms with Crippen LogP contribution in [0.1, 0.15) is 74.8 Å². The van der Waals surface area contributed by atoms with Crippen LogP contribution in [0.15, 0.2) is 24.3 Å². The molecule has 0 aliphatic heterocycles. The maximum Gasteiger partial charge on any atom is -0.00177 e. The molecule has 1 N–H and O–H groups in total. The van der Waals surface area contributed by atoms with Crippen molar-refractivity contribution in [3.8, 4) is 0 Å². The summed E-state index contributed by atoms with van der Waals surface area (Å²) < 4.78 is 0. The Bertz CT molecular complexity index is 449. The first-order valence-corrected chi connectivity index (χ1v) is 9.06. The minimum atomic E-state index is 0.774. The van der Waals surface area contributed by atoms with Gasteiger partial charge in [-0.3, -0.25) is 0 Å². The summed E-state index contributed by atoms with van der Waals surface area (Å²) in [5.74, 6) is 3.40. The first-order chi connectivity index (χ1) is 10.3. The molecule has 2 fully saturated rings. The molecule has 0 spiro atoms. The van der Waals surface area contributed by atoms with Gasteiger partial charge in [0.1, 0.15) is 0 Å². The van der Waals surface area contributed by atoms with Gasteiger partial charge in [-0.15, -0.1) is 0 Å². The summed E-state index contributed by atoms with van der Waals surface area (Å²) in [7, 11) is 2.10. The molecule has 0 aromatic heterocycles. The van der Waals surface area contributed by atoms with E-state index in [1.807, 2.05) is 0 Å². The lowest BCUT2D eigenvalue weighted by Crippen LogP contribution is -2.30. The second-order valence-corrected chi connectivity index (χ2v) is 7.31. The molecular formula is C20H31N. The molecule has 3 unspecified atom stereocenters. The highest BCUT2D eigenvalue weighted by Crippen LogP contribution is 2.43. The van der Waals surface area contributed by atoms with Crippen molar-refractivity contribution >= 4 is 0 Å². The van der Waals surface area contributed by atoms with E-state index >= 15 is 0 Å². The van der Waals surface area contributed by atoms with Gasteiger partial charge >= 0.3 is 0 Å². The van der Waals surface area contributed by atoms with E-state index in [-0.39, 0.29) is 0 Å². The largest absolute Gasteiger partial charge is 0.319 e. The van der Waals surface area contributed by atoms with Crippen LogP contribution >= 0.6 is 0 Å². The molecule has 2 aliphatic rings. The van der Waals surface area contributed by atoms with Gasteiger partial charge in [-0.1, -0.05) is 50.5 Å². The van der Waals surface area contributed by atoms with Gasteiger partial charge in [-0.25, -0.2) is 0 Å². The fraction of sp³-hybridized carbons (Fsp3) is 0.700. The Morgan fingerprint density at radius 1 is 1.10 bits per heavy atom. The molecule has 0 bridgehead atoms. The summed E-state index contributed by atoms with van der Waals surface area (Å²) in [5, 5.41) is 3.43. The van der Waals surface area contributed by atoms with E-state index in [4.69, 9.17) is 0 Å². The molecule has 1 aromatic rings.